The summed E-state index contributed by atoms with van der Waals surface area (Å²) >= 11 is -1.21. The molecule has 1 atom stereocenters. The quantitative estimate of drug-likeness (QED) is 0.303. The first kappa shape index (κ1) is 34.5. The molecule has 3 fully saturated rings. The third-order valence-electron chi connectivity index (χ3n) is 10.1. The number of hydrogen-bond donors (Lipinski definition) is 0. The van der Waals surface area contributed by atoms with E-state index in [-0.39, 0.29) is 15.4 Å². The summed E-state index contributed by atoms with van der Waals surface area (Å²) in [6.45, 7) is 17.7. The van der Waals surface area contributed by atoms with Crippen LogP contribution in [0.15, 0.2) is 63.3 Å². The van der Waals surface area contributed by atoms with Crippen LogP contribution in [0.25, 0.3) is 10.9 Å². The van der Waals surface area contributed by atoms with Crippen LogP contribution in [0.5, 0.6) is 5.75 Å². The van der Waals surface area contributed by atoms with E-state index in [1.807, 2.05) is 39.0 Å². The van der Waals surface area contributed by atoms with Crippen molar-refractivity contribution in [3.8, 4) is 5.75 Å². The molecule has 3 aliphatic heterocycles. The van der Waals surface area contributed by atoms with Gasteiger partial charge in [-0.1, -0.05) is 6.92 Å². The van der Waals surface area contributed by atoms with E-state index in [4.69, 9.17) is 4.74 Å². The topological polar surface area (TPSA) is 92.3 Å². The molecule has 0 radical (unpaired) electrons. The average Bonchev–Trinajstić information content (AvgIpc) is 3.07. The Morgan fingerprint density at radius 3 is 1.98 bits per heavy atom. The Hall–Kier alpha value is -2.41. The summed E-state index contributed by atoms with van der Waals surface area (Å²) in [5.41, 5.74) is 0.975. The van der Waals surface area contributed by atoms with E-state index in [9.17, 15) is 13.0 Å². The number of nitrogens with zero attached hydrogens (tertiary/aromatic N) is 5. The van der Waals surface area contributed by atoms with Crippen molar-refractivity contribution in [1.82, 2.24) is 19.7 Å². The highest BCUT2D eigenvalue weighted by Crippen LogP contribution is 2.39. The summed E-state index contributed by atoms with van der Waals surface area (Å²) in [5.74, 6) is 0.619. The Morgan fingerprint density at radius 2 is 1.45 bits per heavy atom. The number of fused-ring (bicyclic) bond motifs is 1. The standard InChI is InChI=1S/C36H51N5O4S2/c1-6-38-17-13-27(14-18-38)39-21-23-40(24-22-39)28-15-19-41(20-16-28)35-32-25-30(46(5)42)9-12-33(32)37-26-34(35)47(43,44)31-10-7-29(8-11-31)45-36(2,3)4/h7-12,25-28H,6,13-24H2,1-5H3. The Labute approximate surface area is 284 Å². The van der Waals surface area contributed by atoms with Gasteiger partial charge in [0.25, 0.3) is 0 Å². The molecule has 3 aliphatic rings. The predicted molar refractivity (Wildman–Crippen MR) is 190 cm³/mol. The second-order valence-electron chi connectivity index (χ2n) is 14.2. The number of ether oxygens (including phenoxy) is 1. The highest BCUT2D eigenvalue weighted by atomic mass is 32.2. The molecular formula is C36H51N5O4S2. The number of piperidine rings is 2. The van der Waals surface area contributed by atoms with Crippen LogP contribution in [0.2, 0.25) is 0 Å². The highest BCUT2D eigenvalue weighted by molar-refractivity contribution is 7.91. The van der Waals surface area contributed by atoms with Crippen molar-refractivity contribution >= 4 is 37.6 Å². The number of sulfone groups is 1. The monoisotopic (exact) mass is 681 g/mol. The summed E-state index contributed by atoms with van der Waals surface area (Å²) in [4.78, 5) is 15.8. The van der Waals surface area contributed by atoms with Crippen LogP contribution in [-0.2, 0) is 21.0 Å². The molecular weight excluding hydrogens is 631 g/mol. The van der Waals surface area contributed by atoms with Gasteiger partial charge in [0, 0.05) is 69.0 Å². The van der Waals surface area contributed by atoms with E-state index in [1.165, 1.54) is 32.1 Å². The Bertz CT molecular complexity index is 1620. The fourth-order valence-electron chi connectivity index (χ4n) is 7.53. The van der Waals surface area contributed by atoms with Gasteiger partial charge in [-0.2, -0.15) is 0 Å². The summed E-state index contributed by atoms with van der Waals surface area (Å²) in [6.07, 6.45) is 7.65. The minimum Gasteiger partial charge on any atom is -0.612 e. The van der Waals surface area contributed by atoms with Gasteiger partial charge in [-0.15, -0.1) is 0 Å². The third kappa shape index (κ3) is 7.76. The van der Waals surface area contributed by atoms with Crippen molar-refractivity contribution in [2.45, 2.75) is 85.7 Å². The molecule has 0 amide bonds. The lowest BCUT2D eigenvalue weighted by molar-refractivity contribution is 0.0384. The Morgan fingerprint density at radius 1 is 0.872 bits per heavy atom. The van der Waals surface area contributed by atoms with Crippen LogP contribution in [-0.4, -0.2) is 115 Å². The fourth-order valence-corrected chi connectivity index (χ4v) is 9.51. The minimum atomic E-state index is -3.91. The lowest BCUT2D eigenvalue weighted by Gasteiger charge is -2.46. The van der Waals surface area contributed by atoms with E-state index in [0.717, 1.165) is 64.0 Å². The normalized spacial score (nSPS) is 20.9. The Balaban J connectivity index is 1.22. The lowest BCUT2D eigenvalue weighted by atomic mass is 9.99. The zero-order chi connectivity index (χ0) is 33.3. The number of hydrogen-bond acceptors (Lipinski definition) is 9. The van der Waals surface area contributed by atoms with Gasteiger partial charge in [-0.3, -0.25) is 14.8 Å². The molecule has 6 rings (SSSR count). The number of likely N-dealkylation sites (tertiary alicyclic amines) is 1. The minimum absolute atomic E-state index is 0.190. The van der Waals surface area contributed by atoms with Gasteiger partial charge in [0.2, 0.25) is 9.84 Å². The first-order valence-electron chi connectivity index (χ1n) is 17.2. The van der Waals surface area contributed by atoms with E-state index < -0.39 is 21.0 Å². The molecule has 0 aliphatic carbocycles. The molecule has 1 unspecified atom stereocenters. The van der Waals surface area contributed by atoms with E-state index in [2.05, 4.69) is 31.5 Å². The molecule has 0 saturated carbocycles. The van der Waals surface area contributed by atoms with Crippen LogP contribution < -0.4 is 9.64 Å². The molecule has 47 heavy (non-hydrogen) atoms. The van der Waals surface area contributed by atoms with Crippen molar-refractivity contribution in [2.75, 3.05) is 70.1 Å². The van der Waals surface area contributed by atoms with Gasteiger partial charge < -0.3 is 19.1 Å². The molecule has 1 aromatic heterocycles. The molecule has 3 aromatic rings. The zero-order valence-electron chi connectivity index (χ0n) is 28.7. The second-order valence-corrected chi connectivity index (χ2v) is 17.5. The van der Waals surface area contributed by atoms with Crippen molar-refractivity contribution in [3.05, 3.63) is 48.7 Å². The van der Waals surface area contributed by atoms with Crippen LogP contribution in [0.3, 0.4) is 0 Å². The SMILES string of the molecule is CCN1CCC(N2CCN(C3CCN(c4c(S(=O)(=O)c5ccc(OC(C)(C)C)cc5)cnc5ccc([S+](C)[O-])cc45)CC3)CC2)CC1. The maximum absolute atomic E-state index is 14.3. The highest BCUT2D eigenvalue weighted by Gasteiger charge is 2.34. The number of benzene rings is 2. The van der Waals surface area contributed by atoms with E-state index in [0.29, 0.717) is 33.9 Å². The number of rotatable bonds is 8. The zero-order valence-corrected chi connectivity index (χ0v) is 30.3. The molecule has 4 heterocycles. The molecule has 0 spiro atoms. The molecule has 0 bridgehead atoms. The fraction of sp³-hybridized carbons (Fsp3) is 0.583. The summed E-state index contributed by atoms with van der Waals surface area (Å²) in [5, 5.41) is 0.729. The third-order valence-corrected chi connectivity index (χ3v) is 12.8. The molecule has 0 N–H and O–H groups in total. The summed E-state index contributed by atoms with van der Waals surface area (Å²) < 4.78 is 47.0. The van der Waals surface area contributed by atoms with Gasteiger partial charge in [0.15, 0.2) is 4.90 Å². The molecule has 11 heteroatoms. The van der Waals surface area contributed by atoms with Gasteiger partial charge in [0.1, 0.15) is 22.5 Å². The first-order valence-corrected chi connectivity index (χ1v) is 20.2. The molecule has 9 nitrogen and oxygen atoms in total. The van der Waals surface area contributed by atoms with E-state index >= 15 is 0 Å². The summed E-state index contributed by atoms with van der Waals surface area (Å²) in [7, 11) is -3.91. The van der Waals surface area contributed by atoms with E-state index in [1.54, 1.807) is 30.5 Å². The maximum atomic E-state index is 14.3. The van der Waals surface area contributed by atoms with Crippen molar-refractivity contribution in [3.63, 3.8) is 0 Å². The van der Waals surface area contributed by atoms with Crippen molar-refractivity contribution in [1.29, 1.82) is 0 Å². The van der Waals surface area contributed by atoms with Gasteiger partial charge in [-0.25, -0.2) is 8.42 Å². The first-order chi connectivity index (χ1) is 22.4. The van der Waals surface area contributed by atoms with Gasteiger partial charge >= 0.3 is 0 Å². The smallest absolute Gasteiger partial charge is 0.210 e. The van der Waals surface area contributed by atoms with Crippen LogP contribution in [0.4, 0.5) is 5.69 Å². The number of piperazine rings is 1. The number of aromatic nitrogens is 1. The molecule has 2 aromatic carbocycles. The van der Waals surface area contributed by atoms with Crippen LogP contribution in [0.1, 0.15) is 53.4 Å². The van der Waals surface area contributed by atoms with Crippen molar-refractivity contribution < 1.29 is 17.7 Å². The van der Waals surface area contributed by atoms with Crippen LogP contribution >= 0.6 is 0 Å². The largest absolute Gasteiger partial charge is 0.612 e. The Kier molecular flexibility index (Phi) is 10.4. The van der Waals surface area contributed by atoms with Crippen molar-refractivity contribution in [2.24, 2.45) is 0 Å². The predicted octanol–water partition coefficient (Wildman–Crippen LogP) is 5.05. The maximum Gasteiger partial charge on any atom is 0.210 e. The summed E-state index contributed by atoms with van der Waals surface area (Å²) in [6, 6.07) is 13.4. The van der Waals surface area contributed by atoms with Gasteiger partial charge in [-0.05, 0) is 114 Å². The van der Waals surface area contributed by atoms with Crippen LogP contribution in [0, 0.1) is 0 Å². The molecule has 3 saturated heterocycles. The second kappa shape index (κ2) is 14.2. The lowest BCUT2D eigenvalue weighted by Crippen LogP contribution is -2.56. The molecule has 256 valence electrons. The number of anilines is 1. The number of pyridine rings is 1. The van der Waals surface area contributed by atoms with Gasteiger partial charge in [0.05, 0.1) is 16.1 Å². The average molecular weight is 682 g/mol.